The maximum absolute atomic E-state index is 13.4. The van der Waals surface area contributed by atoms with Gasteiger partial charge in [-0.2, -0.15) is 0 Å². The quantitative estimate of drug-likeness (QED) is 0.583. The first-order valence-electron chi connectivity index (χ1n) is 9.02. The molecule has 2 atom stereocenters. The van der Waals surface area contributed by atoms with Crippen LogP contribution in [0.25, 0.3) is 5.65 Å². The summed E-state index contributed by atoms with van der Waals surface area (Å²) >= 11 is 0. The fourth-order valence-electron chi connectivity index (χ4n) is 3.13. The van der Waals surface area contributed by atoms with Crippen LogP contribution < -0.4 is 25.4 Å². The molecule has 0 spiro atoms. The Labute approximate surface area is 167 Å². The number of ether oxygens (including phenoxy) is 2. The monoisotopic (exact) mass is 420 g/mol. The highest BCUT2D eigenvalue weighted by atomic mass is 19.3. The number of rotatable bonds is 5. The van der Waals surface area contributed by atoms with Crippen molar-refractivity contribution < 1.29 is 27.4 Å². The maximum atomic E-state index is 13.4. The second-order valence-electron chi connectivity index (χ2n) is 6.83. The summed E-state index contributed by atoms with van der Waals surface area (Å²) in [5.74, 6) is -0.577. The van der Waals surface area contributed by atoms with Crippen LogP contribution >= 0.6 is 0 Å². The van der Waals surface area contributed by atoms with Crippen molar-refractivity contribution in [3.05, 3.63) is 36.2 Å². The number of nitrogens with zero attached hydrogens (tertiary/aromatic N) is 3. The first-order valence-corrected chi connectivity index (χ1v) is 9.02. The number of fused-ring (bicyclic) bond motifs is 2. The van der Waals surface area contributed by atoms with E-state index < -0.39 is 24.4 Å². The van der Waals surface area contributed by atoms with Crippen molar-refractivity contribution in [1.29, 1.82) is 0 Å². The van der Waals surface area contributed by atoms with Crippen molar-refractivity contribution in [2.45, 2.75) is 24.9 Å². The first-order chi connectivity index (χ1) is 14.3. The van der Waals surface area contributed by atoms with Gasteiger partial charge in [-0.15, -0.1) is 13.9 Å². The van der Waals surface area contributed by atoms with Crippen molar-refractivity contribution >= 4 is 28.7 Å². The molecule has 9 nitrogen and oxygen atoms in total. The lowest BCUT2D eigenvalue weighted by molar-refractivity contribution is -0.286. The van der Waals surface area contributed by atoms with E-state index in [2.05, 4.69) is 35.5 Å². The summed E-state index contributed by atoms with van der Waals surface area (Å²) in [6.07, 6.45) is -3.21. The molecule has 5 rings (SSSR count). The fraction of sp³-hybridized carbons (Fsp3) is 0.278. The Hall–Kier alpha value is -3.70. The Bertz CT molecular complexity index is 1170. The zero-order valence-electron chi connectivity index (χ0n) is 15.4. The van der Waals surface area contributed by atoms with Gasteiger partial charge >= 0.3 is 6.29 Å². The lowest BCUT2D eigenvalue weighted by Crippen LogP contribution is -2.28. The molecular weight excluding hydrogens is 405 g/mol. The predicted octanol–water partition coefficient (Wildman–Crippen LogP) is 2.68. The summed E-state index contributed by atoms with van der Waals surface area (Å²) in [6.45, 7) is 0. The first kappa shape index (κ1) is 18.3. The van der Waals surface area contributed by atoms with Crippen molar-refractivity contribution in [1.82, 2.24) is 19.9 Å². The third kappa shape index (κ3) is 3.09. The van der Waals surface area contributed by atoms with E-state index in [4.69, 9.17) is 0 Å². The molecule has 1 fully saturated rings. The summed E-state index contributed by atoms with van der Waals surface area (Å²) in [7, 11) is 1.66. The molecule has 0 bridgehead atoms. The number of carbonyl (C=O) groups is 1. The molecule has 3 N–H and O–H groups in total. The Kier molecular flexibility index (Phi) is 3.91. The average Bonchev–Trinajstić information content (AvgIpc) is 3.10. The van der Waals surface area contributed by atoms with Gasteiger partial charge in [-0.05, 0) is 12.1 Å². The Balaban J connectivity index is 1.51. The van der Waals surface area contributed by atoms with Gasteiger partial charge in [0.1, 0.15) is 6.17 Å². The second-order valence-corrected chi connectivity index (χ2v) is 6.83. The van der Waals surface area contributed by atoms with Crippen molar-refractivity contribution in [2.24, 2.45) is 0 Å². The number of hydrogen-bond donors (Lipinski definition) is 3. The lowest BCUT2D eigenvalue weighted by Gasteiger charge is -2.12. The van der Waals surface area contributed by atoms with Crippen LogP contribution in [0.1, 0.15) is 16.9 Å². The smallest absolute Gasteiger partial charge is 0.395 e. The van der Waals surface area contributed by atoms with Crippen molar-refractivity contribution in [3.8, 4) is 11.5 Å². The Morgan fingerprint density at radius 3 is 2.83 bits per heavy atom. The van der Waals surface area contributed by atoms with E-state index in [0.717, 1.165) is 0 Å². The molecule has 3 heterocycles. The Morgan fingerprint density at radius 2 is 2.10 bits per heavy atom. The molecule has 156 valence electrons. The van der Waals surface area contributed by atoms with Gasteiger partial charge in [0.05, 0.1) is 23.6 Å². The SMILES string of the molecule is CNc1cc(Nc2cccc3c2OC(F)(F)O3)nn2c(C(=O)N[C@@H]3C[C@@H]3F)cnc12. The van der Waals surface area contributed by atoms with E-state index in [1.54, 1.807) is 13.1 Å². The minimum Gasteiger partial charge on any atom is -0.395 e. The molecule has 30 heavy (non-hydrogen) atoms. The number of imidazole rings is 1. The van der Waals surface area contributed by atoms with Crippen LogP contribution in [-0.2, 0) is 0 Å². The molecule has 0 saturated heterocycles. The second kappa shape index (κ2) is 6.40. The Morgan fingerprint density at radius 1 is 1.30 bits per heavy atom. The molecule has 0 radical (unpaired) electrons. The molecule has 0 unspecified atom stereocenters. The van der Waals surface area contributed by atoms with Crippen LogP contribution in [0, 0.1) is 0 Å². The minimum absolute atomic E-state index is 0.105. The summed E-state index contributed by atoms with van der Waals surface area (Å²) < 4.78 is 50.3. The summed E-state index contributed by atoms with van der Waals surface area (Å²) in [5.41, 5.74) is 1.19. The van der Waals surface area contributed by atoms with Crippen LogP contribution in [0.4, 0.5) is 30.4 Å². The standard InChI is InChI=1S/C18H15F3N6O3/c1-22-11-6-14(24-9-3-2-4-13-15(9)30-18(20,21)29-13)26-27-12(7-23-16(11)27)17(28)25-10-5-8(10)19/h2-4,6-8,10,22H,5H2,1H3,(H,24,26)(H,25,28)/t8-,10+/m0/s1. The maximum Gasteiger partial charge on any atom is 0.586 e. The van der Waals surface area contributed by atoms with Crippen molar-refractivity contribution in [3.63, 3.8) is 0 Å². The highest BCUT2D eigenvalue weighted by Gasteiger charge is 2.44. The molecule has 1 aliphatic heterocycles. The van der Waals surface area contributed by atoms with Gasteiger partial charge in [0.15, 0.2) is 28.7 Å². The average molecular weight is 420 g/mol. The van der Waals surface area contributed by atoms with E-state index in [-0.39, 0.29) is 35.1 Å². The highest BCUT2D eigenvalue weighted by Crippen LogP contribution is 2.46. The van der Waals surface area contributed by atoms with E-state index in [1.165, 1.54) is 28.9 Å². The minimum atomic E-state index is -3.76. The third-order valence-corrected chi connectivity index (χ3v) is 4.69. The van der Waals surface area contributed by atoms with E-state index in [0.29, 0.717) is 11.3 Å². The molecular formula is C18H15F3N6O3. The number of anilines is 3. The number of hydrogen-bond acceptors (Lipinski definition) is 7. The van der Waals surface area contributed by atoms with Gasteiger partial charge in [-0.1, -0.05) is 6.07 Å². The molecule has 2 aromatic heterocycles. The van der Waals surface area contributed by atoms with Crippen LogP contribution in [0.15, 0.2) is 30.5 Å². The van der Waals surface area contributed by atoms with E-state index in [9.17, 15) is 18.0 Å². The van der Waals surface area contributed by atoms with Gasteiger partial charge in [-0.25, -0.2) is 13.9 Å². The number of amides is 1. The third-order valence-electron chi connectivity index (χ3n) is 4.69. The van der Waals surface area contributed by atoms with Gasteiger partial charge < -0.3 is 25.4 Å². The van der Waals surface area contributed by atoms with E-state index >= 15 is 0 Å². The molecule has 1 amide bonds. The summed E-state index contributed by atoms with van der Waals surface area (Å²) in [4.78, 5) is 16.7. The normalized spacial score (nSPS) is 20.8. The topological polar surface area (TPSA) is 102 Å². The van der Waals surface area contributed by atoms with Crippen LogP contribution in [0.3, 0.4) is 0 Å². The van der Waals surface area contributed by atoms with Crippen molar-refractivity contribution in [2.75, 3.05) is 17.7 Å². The number of alkyl halides is 3. The molecule has 12 heteroatoms. The predicted molar refractivity (Wildman–Crippen MR) is 99.2 cm³/mol. The van der Waals surface area contributed by atoms with Gasteiger partial charge in [-0.3, -0.25) is 4.79 Å². The lowest BCUT2D eigenvalue weighted by atomic mass is 10.2. The molecule has 2 aliphatic rings. The van der Waals surface area contributed by atoms with Crippen LogP contribution in [0.2, 0.25) is 0 Å². The zero-order valence-corrected chi connectivity index (χ0v) is 15.4. The van der Waals surface area contributed by atoms with Crippen LogP contribution in [-0.4, -0.2) is 46.1 Å². The zero-order chi connectivity index (χ0) is 21.0. The number of carbonyl (C=O) groups excluding carboxylic acids is 1. The molecule has 1 aromatic carbocycles. The van der Waals surface area contributed by atoms with E-state index in [1.807, 2.05) is 0 Å². The number of benzene rings is 1. The number of para-hydroxylation sites is 1. The number of nitrogens with one attached hydrogen (secondary N) is 3. The van der Waals surface area contributed by atoms with Gasteiger partial charge in [0.2, 0.25) is 0 Å². The van der Waals surface area contributed by atoms with Gasteiger partial charge in [0, 0.05) is 19.5 Å². The number of aromatic nitrogens is 3. The fourth-order valence-corrected chi connectivity index (χ4v) is 3.13. The van der Waals surface area contributed by atoms with Crippen LogP contribution in [0.5, 0.6) is 11.5 Å². The summed E-state index contributed by atoms with van der Waals surface area (Å²) in [6, 6.07) is 5.47. The number of halogens is 3. The molecule has 3 aromatic rings. The highest BCUT2D eigenvalue weighted by molar-refractivity contribution is 5.94. The van der Waals surface area contributed by atoms with Gasteiger partial charge in [0.25, 0.3) is 5.91 Å². The summed E-state index contributed by atoms with van der Waals surface area (Å²) in [5, 5.41) is 12.7. The largest absolute Gasteiger partial charge is 0.586 e. The molecule has 1 saturated carbocycles. The molecule has 1 aliphatic carbocycles.